The maximum atomic E-state index is 11.8. The fourth-order valence-corrected chi connectivity index (χ4v) is 2.85. The number of amides is 1. The van der Waals surface area contributed by atoms with Crippen LogP contribution in [0, 0.1) is 11.8 Å². The standard InChI is InChI=1S/C18H25NO4/c1-12-5-3-8-16(9-12)23-11-14-6-4-7-15(10-14)19-17(20)13(2)18(21)22/h4,6-7,10,12-13,16H,3,5,8-9,11H2,1-2H3,(H,19,20)(H,21,22). The molecule has 23 heavy (non-hydrogen) atoms. The van der Waals surface area contributed by atoms with Crippen LogP contribution >= 0.6 is 0 Å². The van der Waals surface area contributed by atoms with Gasteiger partial charge in [-0.3, -0.25) is 9.59 Å². The Balaban J connectivity index is 1.89. The van der Waals surface area contributed by atoms with E-state index in [0.29, 0.717) is 18.4 Å². The van der Waals surface area contributed by atoms with Gasteiger partial charge in [0.05, 0.1) is 12.7 Å². The Bertz CT molecular complexity index is 558. The van der Waals surface area contributed by atoms with Gasteiger partial charge in [-0.05, 0) is 43.4 Å². The van der Waals surface area contributed by atoms with Crippen LogP contribution in [-0.4, -0.2) is 23.1 Å². The van der Waals surface area contributed by atoms with E-state index in [9.17, 15) is 9.59 Å². The predicted octanol–water partition coefficient (Wildman–Crippen LogP) is 3.44. The summed E-state index contributed by atoms with van der Waals surface area (Å²) >= 11 is 0. The third-order valence-electron chi connectivity index (χ3n) is 4.33. The predicted molar refractivity (Wildman–Crippen MR) is 88.1 cm³/mol. The Morgan fingerprint density at radius 3 is 2.87 bits per heavy atom. The monoisotopic (exact) mass is 319 g/mol. The number of carboxylic acids is 1. The van der Waals surface area contributed by atoms with E-state index in [1.165, 1.54) is 19.8 Å². The maximum Gasteiger partial charge on any atom is 0.315 e. The van der Waals surface area contributed by atoms with Crippen molar-refractivity contribution < 1.29 is 19.4 Å². The highest BCUT2D eigenvalue weighted by atomic mass is 16.5. The lowest BCUT2D eigenvalue weighted by molar-refractivity contribution is -0.144. The van der Waals surface area contributed by atoms with Gasteiger partial charge in [-0.25, -0.2) is 0 Å². The largest absolute Gasteiger partial charge is 0.481 e. The van der Waals surface area contributed by atoms with Crippen LogP contribution in [-0.2, 0) is 20.9 Å². The van der Waals surface area contributed by atoms with E-state index < -0.39 is 17.8 Å². The van der Waals surface area contributed by atoms with Crippen LogP contribution in [0.3, 0.4) is 0 Å². The topological polar surface area (TPSA) is 75.6 Å². The summed E-state index contributed by atoms with van der Waals surface area (Å²) in [5, 5.41) is 11.5. The Hall–Kier alpha value is -1.88. The van der Waals surface area contributed by atoms with E-state index in [0.717, 1.165) is 24.3 Å². The normalized spacial score (nSPS) is 22.3. The minimum Gasteiger partial charge on any atom is -0.481 e. The van der Waals surface area contributed by atoms with Crippen molar-refractivity contribution in [1.82, 2.24) is 0 Å². The zero-order valence-electron chi connectivity index (χ0n) is 13.7. The van der Waals surface area contributed by atoms with Gasteiger partial charge in [0.1, 0.15) is 5.92 Å². The molecule has 2 N–H and O–H groups in total. The van der Waals surface area contributed by atoms with Crippen molar-refractivity contribution in [2.45, 2.75) is 52.2 Å². The molecule has 1 fully saturated rings. The number of carbonyl (C=O) groups excluding carboxylic acids is 1. The molecule has 0 saturated heterocycles. The second-order valence-electron chi connectivity index (χ2n) is 6.45. The first-order valence-electron chi connectivity index (χ1n) is 8.20. The molecule has 1 aliphatic rings. The van der Waals surface area contributed by atoms with Gasteiger partial charge in [0, 0.05) is 5.69 Å². The van der Waals surface area contributed by atoms with Gasteiger partial charge in [-0.15, -0.1) is 0 Å². The highest BCUT2D eigenvalue weighted by molar-refractivity contribution is 6.03. The number of rotatable bonds is 6. The van der Waals surface area contributed by atoms with Crippen molar-refractivity contribution in [3.05, 3.63) is 29.8 Å². The first-order chi connectivity index (χ1) is 11.0. The molecule has 1 aliphatic carbocycles. The van der Waals surface area contributed by atoms with Crippen LogP contribution in [0.2, 0.25) is 0 Å². The lowest BCUT2D eigenvalue weighted by Gasteiger charge is -2.26. The molecule has 0 radical (unpaired) electrons. The molecule has 2 rings (SSSR count). The van der Waals surface area contributed by atoms with E-state index >= 15 is 0 Å². The number of carbonyl (C=O) groups is 2. The van der Waals surface area contributed by atoms with Crippen LogP contribution in [0.4, 0.5) is 5.69 Å². The fraction of sp³-hybridized carbons (Fsp3) is 0.556. The number of nitrogens with one attached hydrogen (secondary N) is 1. The zero-order chi connectivity index (χ0) is 16.8. The van der Waals surface area contributed by atoms with Crippen molar-refractivity contribution in [1.29, 1.82) is 0 Å². The van der Waals surface area contributed by atoms with Crippen molar-refractivity contribution in [3.8, 4) is 0 Å². The summed E-state index contributed by atoms with van der Waals surface area (Å²) in [6.45, 7) is 4.14. The van der Waals surface area contributed by atoms with Crippen LogP contribution < -0.4 is 5.32 Å². The average Bonchev–Trinajstić information content (AvgIpc) is 2.52. The molecule has 1 aromatic rings. The van der Waals surface area contributed by atoms with Crippen molar-refractivity contribution in [2.75, 3.05) is 5.32 Å². The summed E-state index contributed by atoms with van der Waals surface area (Å²) in [5.41, 5.74) is 1.57. The molecule has 0 bridgehead atoms. The quantitative estimate of drug-likeness (QED) is 0.788. The summed E-state index contributed by atoms with van der Waals surface area (Å²) in [6.07, 6.45) is 5.02. The molecule has 5 nitrogen and oxygen atoms in total. The average molecular weight is 319 g/mol. The molecule has 5 heteroatoms. The lowest BCUT2D eigenvalue weighted by atomic mass is 9.89. The molecule has 0 aliphatic heterocycles. The van der Waals surface area contributed by atoms with Gasteiger partial charge in [0.2, 0.25) is 5.91 Å². The summed E-state index contributed by atoms with van der Waals surface area (Å²) in [5.74, 6) is -2.00. The molecule has 0 aromatic heterocycles. The van der Waals surface area contributed by atoms with Crippen LogP contribution in [0.1, 0.15) is 45.1 Å². The number of benzene rings is 1. The lowest BCUT2D eigenvalue weighted by Crippen LogP contribution is -2.26. The Morgan fingerprint density at radius 2 is 2.17 bits per heavy atom. The van der Waals surface area contributed by atoms with Gasteiger partial charge >= 0.3 is 5.97 Å². The molecule has 0 spiro atoms. The SMILES string of the molecule is CC1CCCC(OCc2cccc(NC(=O)C(C)C(=O)O)c2)C1. The van der Waals surface area contributed by atoms with E-state index in [1.807, 2.05) is 18.2 Å². The Morgan fingerprint density at radius 1 is 1.39 bits per heavy atom. The summed E-state index contributed by atoms with van der Waals surface area (Å²) in [6, 6.07) is 7.36. The number of hydrogen-bond donors (Lipinski definition) is 2. The van der Waals surface area contributed by atoms with Crippen molar-refractivity contribution >= 4 is 17.6 Å². The molecule has 1 saturated carbocycles. The third kappa shape index (κ3) is 5.36. The number of carboxylic acid groups (broad SMARTS) is 1. The smallest absolute Gasteiger partial charge is 0.315 e. The molecule has 1 amide bonds. The minimum atomic E-state index is -1.13. The Kier molecular flexibility index (Phi) is 6.16. The van der Waals surface area contributed by atoms with Gasteiger partial charge in [0.25, 0.3) is 0 Å². The highest BCUT2D eigenvalue weighted by Gasteiger charge is 2.21. The minimum absolute atomic E-state index is 0.309. The molecular weight excluding hydrogens is 294 g/mol. The van der Waals surface area contributed by atoms with E-state index in [2.05, 4.69) is 12.2 Å². The number of aliphatic carboxylic acids is 1. The molecule has 3 atom stereocenters. The second-order valence-corrected chi connectivity index (χ2v) is 6.45. The van der Waals surface area contributed by atoms with Gasteiger partial charge in [0.15, 0.2) is 0 Å². The number of anilines is 1. The van der Waals surface area contributed by atoms with E-state index in [-0.39, 0.29) is 0 Å². The fourth-order valence-electron chi connectivity index (χ4n) is 2.85. The third-order valence-corrected chi connectivity index (χ3v) is 4.33. The first-order valence-corrected chi connectivity index (χ1v) is 8.20. The van der Waals surface area contributed by atoms with Gasteiger partial charge in [-0.1, -0.05) is 31.9 Å². The number of hydrogen-bond acceptors (Lipinski definition) is 3. The van der Waals surface area contributed by atoms with E-state index in [1.54, 1.807) is 6.07 Å². The van der Waals surface area contributed by atoms with Crippen LogP contribution in [0.25, 0.3) is 0 Å². The van der Waals surface area contributed by atoms with Gasteiger partial charge < -0.3 is 15.2 Å². The van der Waals surface area contributed by atoms with Crippen molar-refractivity contribution in [2.24, 2.45) is 11.8 Å². The molecule has 0 heterocycles. The van der Waals surface area contributed by atoms with Crippen LogP contribution in [0.15, 0.2) is 24.3 Å². The van der Waals surface area contributed by atoms with Crippen molar-refractivity contribution in [3.63, 3.8) is 0 Å². The highest BCUT2D eigenvalue weighted by Crippen LogP contribution is 2.26. The summed E-state index contributed by atoms with van der Waals surface area (Å²) < 4.78 is 5.98. The van der Waals surface area contributed by atoms with Crippen LogP contribution in [0.5, 0.6) is 0 Å². The summed E-state index contributed by atoms with van der Waals surface area (Å²) in [4.78, 5) is 22.6. The molecule has 3 unspecified atom stereocenters. The summed E-state index contributed by atoms with van der Waals surface area (Å²) in [7, 11) is 0. The second kappa shape index (κ2) is 8.11. The molecular formula is C18H25NO4. The first kappa shape index (κ1) is 17.5. The Labute approximate surface area is 137 Å². The number of ether oxygens (including phenoxy) is 1. The van der Waals surface area contributed by atoms with E-state index in [4.69, 9.17) is 9.84 Å². The zero-order valence-corrected chi connectivity index (χ0v) is 13.7. The molecule has 1 aromatic carbocycles. The maximum absolute atomic E-state index is 11.8. The molecule has 126 valence electrons. The van der Waals surface area contributed by atoms with Gasteiger partial charge in [-0.2, -0.15) is 0 Å².